The third-order valence-corrected chi connectivity index (χ3v) is 3.15. The Balaban J connectivity index is 1.98. The Kier molecular flexibility index (Phi) is 3.94. The highest BCUT2D eigenvalue weighted by molar-refractivity contribution is 5.72. The van der Waals surface area contributed by atoms with Crippen molar-refractivity contribution in [2.24, 2.45) is 0 Å². The molecular weight excluding hydrogens is 232 g/mol. The molecule has 1 heterocycles. The van der Waals surface area contributed by atoms with E-state index in [0.29, 0.717) is 25.9 Å². The molecule has 96 valence electrons. The van der Waals surface area contributed by atoms with E-state index in [1.807, 2.05) is 30.3 Å². The third-order valence-electron chi connectivity index (χ3n) is 3.15. The van der Waals surface area contributed by atoms with E-state index in [2.05, 4.69) is 4.90 Å². The van der Waals surface area contributed by atoms with Crippen molar-refractivity contribution in [3.63, 3.8) is 0 Å². The van der Waals surface area contributed by atoms with Crippen LogP contribution in [0.1, 0.15) is 5.56 Å². The second kappa shape index (κ2) is 5.64. The highest BCUT2D eigenvalue weighted by Crippen LogP contribution is 2.12. The first-order valence-electron chi connectivity index (χ1n) is 5.92. The predicted molar refractivity (Wildman–Crippen MR) is 66.3 cm³/mol. The SMILES string of the molecule is O=C[C@@H]1CN(Cc2ccccc2)CCN1C(=O)O. The molecule has 1 atom stereocenters. The van der Waals surface area contributed by atoms with Crippen LogP contribution in [-0.2, 0) is 11.3 Å². The summed E-state index contributed by atoms with van der Waals surface area (Å²) in [4.78, 5) is 25.2. The monoisotopic (exact) mass is 248 g/mol. The fourth-order valence-corrected chi connectivity index (χ4v) is 2.21. The van der Waals surface area contributed by atoms with Crippen molar-refractivity contribution < 1.29 is 14.7 Å². The largest absolute Gasteiger partial charge is 0.465 e. The zero-order valence-electron chi connectivity index (χ0n) is 10.0. The van der Waals surface area contributed by atoms with Crippen LogP contribution in [0.3, 0.4) is 0 Å². The minimum atomic E-state index is -1.02. The predicted octanol–water partition coefficient (Wildman–Crippen LogP) is 1.05. The van der Waals surface area contributed by atoms with Crippen LogP contribution in [0.25, 0.3) is 0 Å². The molecule has 0 saturated carbocycles. The topological polar surface area (TPSA) is 60.9 Å². The van der Waals surface area contributed by atoms with Gasteiger partial charge in [0.2, 0.25) is 0 Å². The van der Waals surface area contributed by atoms with Crippen LogP contribution in [0.15, 0.2) is 30.3 Å². The molecule has 1 fully saturated rings. The maximum atomic E-state index is 10.9. The Bertz CT molecular complexity index is 422. The quantitative estimate of drug-likeness (QED) is 0.812. The van der Waals surface area contributed by atoms with Gasteiger partial charge in [-0.1, -0.05) is 30.3 Å². The number of benzene rings is 1. The van der Waals surface area contributed by atoms with E-state index in [-0.39, 0.29) is 0 Å². The summed E-state index contributed by atoms with van der Waals surface area (Å²) in [6.45, 7) is 2.25. The molecule has 0 aliphatic carbocycles. The Hall–Kier alpha value is -1.88. The van der Waals surface area contributed by atoms with Crippen LogP contribution >= 0.6 is 0 Å². The highest BCUT2D eigenvalue weighted by Gasteiger charge is 2.29. The van der Waals surface area contributed by atoms with Crippen molar-refractivity contribution in [3.8, 4) is 0 Å². The molecule has 1 amide bonds. The van der Waals surface area contributed by atoms with Gasteiger partial charge in [0, 0.05) is 26.2 Å². The second-order valence-corrected chi connectivity index (χ2v) is 4.40. The fourth-order valence-electron chi connectivity index (χ4n) is 2.21. The standard InChI is InChI=1S/C13H16N2O3/c16-10-12-9-14(6-7-15(12)13(17)18)8-11-4-2-1-3-5-11/h1-5,10,12H,6-9H2,(H,17,18)/t12-/m0/s1. The van der Waals surface area contributed by atoms with Crippen LogP contribution in [0.5, 0.6) is 0 Å². The zero-order chi connectivity index (χ0) is 13.0. The Morgan fingerprint density at radius 2 is 2.06 bits per heavy atom. The number of piperazine rings is 1. The summed E-state index contributed by atoms with van der Waals surface area (Å²) >= 11 is 0. The van der Waals surface area contributed by atoms with Gasteiger partial charge in [-0.15, -0.1) is 0 Å². The van der Waals surface area contributed by atoms with Crippen LogP contribution in [0, 0.1) is 0 Å². The maximum Gasteiger partial charge on any atom is 0.407 e. The number of amides is 1. The van der Waals surface area contributed by atoms with Crippen LogP contribution in [0.4, 0.5) is 4.79 Å². The van der Waals surface area contributed by atoms with Crippen molar-refractivity contribution in [2.45, 2.75) is 12.6 Å². The Labute approximate surface area is 106 Å². The van der Waals surface area contributed by atoms with Gasteiger partial charge in [-0.3, -0.25) is 9.80 Å². The number of hydrogen-bond donors (Lipinski definition) is 1. The molecule has 18 heavy (non-hydrogen) atoms. The number of nitrogens with zero attached hydrogens (tertiary/aromatic N) is 2. The van der Waals surface area contributed by atoms with E-state index in [1.54, 1.807) is 0 Å². The Morgan fingerprint density at radius 1 is 1.33 bits per heavy atom. The molecule has 1 aromatic carbocycles. The average Bonchev–Trinajstić information content (AvgIpc) is 2.39. The molecule has 0 spiro atoms. The van der Waals surface area contributed by atoms with Crippen LogP contribution in [-0.4, -0.2) is 53.0 Å². The third kappa shape index (κ3) is 2.87. The average molecular weight is 248 g/mol. The van der Waals surface area contributed by atoms with E-state index < -0.39 is 12.1 Å². The lowest BCUT2D eigenvalue weighted by atomic mass is 10.1. The number of aldehydes is 1. The summed E-state index contributed by atoms with van der Waals surface area (Å²) in [6.07, 6.45) is -0.308. The van der Waals surface area contributed by atoms with Gasteiger partial charge in [-0.05, 0) is 5.56 Å². The van der Waals surface area contributed by atoms with E-state index in [1.165, 1.54) is 10.5 Å². The summed E-state index contributed by atoms with van der Waals surface area (Å²) < 4.78 is 0. The van der Waals surface area contributed by atoms with E-state index in [0.717, 1.165) is 6.54 Å². The molecule has 1 aliphatic rings. The summed E-state index contributed by atoms with van der Waals surface area (Å²) in [5, 5.41) is 8.96. The van der Waals surface area contributed by atoms with Gasteiger partial charge in [0.25, 0.3) is 0 Å². The first-order chi connectivity index (χ1) is 8.70. The molecule has 1 aromatic rings. The molecule has 2 rings (SSSR count). The zero-order valence-corrected chi connectivity index (χ0v) is 10.0. The first-order valence-corrected chi connectivity index (χ1v) is 5.92. The minimum Gasteiger partial charge on any atom is -0.465 e. The molecule has 1 aliphatic heterocycles. The molecular formula is C13H16N2O3. The van der Waals surface area contributed by atoms with Crippen molar-refractivity contribution >= 4 is 12.4 Å². The fraction of sp³-hybridized carbons (Fsp3) is 0.385. The lowest BCUT2D eigenvalue weighted by Gasteiger charge is -2.37. The molecule has 1 saturated heterocycles. The molecule has 5 nitrogen and oxygen atoms in total. The van der Waals surface area contributed by atoms with Gasteiger partial charge in [0.1, 0.15) is 12.3 Å². The van der Waals surface area contributed by atoms with Crippen LogP contribution in [0.2, 0.25) is 0 Å². The van der Waals surface area contributed by atoms with Gasteiger partial charge in [-0.25, -0.2) is 4.79 Å². The normalized spacial score (nSPS) is 20.7. The number of rotatable bonds is 3. The van der Waals surface area contributed by atoms with Crippen molar-refractivity contribution in [2.75, 3.05) is 19.6 Å². The highest BCUT2D eigenvalue weighted by atomic mass is 16.4. The first kappa shape index (κ1) is 12.6. The van der Waals surface area contributed by atoms with E-state index in [9.17, 15) is 9.59 Å². The second-order valence-electron chi connectivity index (χ2n) is 4.40. The number of carbonyl (C=O) groups is 2. The van der Waals surface area contributed by atoms with Gasteiger partial charge in [-0.2, -0.15) is 0 Å². The summed E-state index contributed by atoms with van der Waals surface area (Å²) in [6, 6.07) is 9.40. The lowest BCUT2D eigenvalue weighted by molar-refractivity contribution is -0.113. The lowest BCUT2D eigenvalue weighted by Crippen LogP contribution is -2.55. The maximum absolute atomic E-state index is 10.9. The molecule has 0 radical (unpaired) electrons. The van der Waals surface area contributed by atoms with Gasteiger partial charge in [0.15, 0.2) is 0 Å². The number of hydrogen-bond acceptors (Lipinski definition) is 3. The smallest absolute Gasteiger partial charge is 0.407 e. The summed E-state index contributed by atoms with van der Waals surface area (Å²) in [5.74, 6) is 0. The van der Waals surface area contributed by atoms with Gasteiger partial charge < -0.3 is 9.90 Å². The Morgan fingerprint density at radius 3 is 2.67 bits per heavy atom. The van der Waals surface area contributed by atoms with E-state index >= 15 is 0 Å². The van der Waals surface area contributed by atoms with Crippen molar-refractivity contribution in [1.82, 2.24) is 9.80 Å². The minimum absolute atomic E-state index is 0.381. The molecule has 0 unspecified atom stereocenters. The molecule has 5 heteroatoms. The number of carboxylic acid groups (broad SMARTS) is 1. The molecule has 1 N–H and O–H groups in total. The summed E-state index contributed by atoms with van der Waals surface area (Å²) in [5.41, 5.74) is 1.17. The number of carbonyl (C=O) groups excluding carboxylic acids is 1. The van der Waals surface area contributed by atoms with Gasteiger partial charge in [0.05, 0.1) is 0 Å². The van der Waals surface area contributed by atoms with Crippen molar-refractivity contribution in [3.05, 3.63) is 35.9 Å². The van der Waals surface area contributed by atoms with Gasteiger partial charge >= 0.3 is 6.09 Å². The molecule has 0 bridgehead atoms. The van der Waals surface area contributed by atoms with Crippen molar-refractivity contribution in [1.29, 1.82) is 0 Å². The van der Waals surface area contributed by atoms with E-state index in [4.69, 9.17) is 5.11 Å². The molecule has 0 aromatic heterocycles. The van der Waals surface area contributed by atoms with Crippen LogP contribution < -0.4 is 0 Å². The summed E-state index contributed by atoms with van der Waals surface area (Å²) in [7, 11) is 0.